The van der Waals surface area contributed by atoms with Gasteiger partial charge in [0.2, 0.25) is 0 Å². The monoisotopic (exact) mass is 391 g/mol. The fourth-order valence-corrected chi connectivity index (χ4v) is 2.57. The van der Waals surface area contributed by atoms with Crippen LogP contribution in [0.25, 0.3) is 0 Å². The lowest BCUT2D eigenvalue weighted by Crippen LogP contribution is -1.99. The van der Waals surface area contributed by atoms with Gasteiger partial charge in [0.05, 0.1) is 23.9 Å². The highest BCUT2D eigenvalue weighted by Crippen LogP contribution is 2.28. The number of nitrogens with zero attached hydrogens (tertiary/aromatic N) is 2. The van der Waals surface area contributed by atoms with Gasteiger partial charge in [-0.2, -0.15) is 5.10 Å². The number of methoxy groups -OCH3 is 1. The Labute approximate surface area is 168 Å². The smallest absolute Gasteiger partial charge is 0.269 e. The molecular formula is C22H21N3O4. The first kappa shape index (κ1) is 19.9. The van der Waals surface area contributed by atoms with Crippen LogP contribution in [0.15, 0.2) is 71.8 Å². The zero-order valence-corrected chi connectivity index (χ0v) is 16.2. The maximum absolute atomic E-state index is 10.7. The van der Waals surface area contributed by atoms with Gasteiger partial charge < -0.3 is 9.47 Å². The highest BCUT2D eigenvalue weighted by atomic mass is 16.6. The molecule has 3 aromatic rings. The normalized spacial score (nSPS) is 10.7. The van der Waals surface area contributed by atoms with Crippen molar-refractivity contribution in [1.82, 2.24) is 0 Å². The predicted octanol–water partition coefficient (Wildman–Crippen LogP) is 4.94. The SMILES string of the molecule is COc1cc(/C=N/Nc2ccc([N+](=O)[O-])cc2)ccc1OCc1ccc(C)cc1. The van der Waals surface area contributed by atoms with Gasteiger partial charge in [-0.15, -0.1) is 0 Å². The van der Waals surface area contributed by atoms with E-state index < -0.39 is 4.92 Å². The number of anilines is 1. The Morgan fingerprint density at radius 1 is 1.03 bits per heavy atom. The molecule has 1 N–H and O–H groups in total. The average molecular weight is 391 g/mol. The van der Waals surface area contributed by atoms with E-state index >= 15 is 0 Å². The lowest BCUT2D eigenvalue weighted by atomic mass is 10.2. The average Bonchev–Trinajstić information content (AvgIpc) is 2.74. The molecule has 0 saturated heterocycles. The van der Waals surface area contributed by atoms with Crippen LogP contribution >= 0.6 is 0 Å². The Bertz CT molecular complexity index is 1000. The van der Waals surface area contributed by atoms with Gasteiger partial charge in [0.1, 0.15) is 6.61 Å². The van der Waals surface area contributed by atoms with Crippen LogP contribution in [0.5, 0.6) is 11.5 Å². The number of nitro groups is 1. The Balaban J connectivity index is 1.62. The van der Waals surface area contributed by atoms with E-state index in [1.54, 1.807) is 25.5 Å². The minimum absolute atomic E-state index is 0.0329. The van der Waals surface area contributed by atoms with E-state index in [4.69, 9.17) is 9.47 Å². The molecule has 0 saturated carbocycles. The number of benzene rings is 3. The minimum Gasteiger partial charge on any atom is -0.493 e. The number of nitro benzene ring substituents is 1. The molecule has 148 valence electrons. The van der Waals surface area contributed by atoms with E-state index in [-0.39, 0.29) is 5.69 Å². The molecule has 3 rings (SSSR count). The molecule has 0 amide bonds. The third-order valence-corrected chi connectivity index (χ3v) is 4.19. The van der Waals surface area contributed by atoms with Crippen molar-refractivity contribution in [3.8, 4) is 11.5 Å². The topological polar surface area (TPSA) is 86.0 Å². The molecule has 7 nitrogen and oxygen atoms in total. The maximum atomic E-state index is 10.7. The van der Waals surface area contributed by atoms with Crippen molar-refractivity contribution in [2.45, 2.75) is 13.5 Å². The molecule has 3 aromatic carbocycles. The summed E-state index contributed by atoms with van der Waals surface area (Å²) in [4.78, 5) is 10.2. The molecule has 29 heavy (non-hydrogen) atoms. The second-order valence-electron chi connectivity index (χ2n) is 6.36. The van der Waals surface area contributed by atoms with Crippen LogP contribution in [0.3, 0.4) is 0 Å². The van der Waals surface area contributed by atoms with Crippen molar-refractivity contribution in [3.05, 3.63) is 93.5 Å². The standard InChI is InChI=1S/C22H21N3O4/c1-16-3-5-17(6-4-16)15-29-21-12-7-18(13-22(21)28-2)14-23-24-19-8-10-20(11-9-19)25(26)27/h3-14,24H,15H2,1-2H3/b23-14+. The number of rotatable bonds is 8. The third-order valence-electron chi connectivity index (χ3n) is 4.19. The first-order chi connectivity index (χ1) is 14.0. The maximum Gasteiger partial charge on any atom is 0.269 e. The molecule has 0 spiro atoms. The van der Waals surface area contributed by atoms with Gasteiger partial charge in [0.25, 0.3) is 5.69 Å². The molecular weight excluding hydrogens is 370 g/mol. The molecule has 0 radical (unpaired) electrons. The summed E-state index contributed by atoms with van der Waals surface area (Å²) in [5, 5.41) is 14.8. The summed E-state index contributed by atoms with van der Waals surface area (Å²) in [6, 6.07) is 19.7. The number of hydrazone groups is 1. The molecule has 0 unspecified atom stereocenters. The van der Waals surface area contributed by atoms with Crippen molar-refractivity contribution >= 4 is 17.6 Å². The molecule has 0 fully saturated rings. The van der Waals surface area contributed by atoms with Crippen LogP contribution in [0.1, 0.15) is 16.7 Å². The van der Waals surface area contributed by atoms with E-state index in [1.807, 2.05) is 49.4 Å². The summed E-state index contributed by atoms with van der Waals surface area (Å²) in [5.74, 6) is 1.25. The number of aryl methyl sites for hydroxylation is 1. The molecule has 0 aromatic heterocycles. The van der Waals surface area contributed by atoms with Crippen LogP contribution in [0.2, 0.25) is 0 Å². The van der Waals surface area contributed by atoms with E-state index in [9.17, 15) is 10.1 Å². The number of nitrogens with one attached hydrogen (secondary N) is 1. The Kier molecular flexibility index (Phi) is 6.42. The summed E-state index contributed by atoms with van der Waals surface area (Å²) in [6.07, 6.45) is 1.63. The molecule has 0 heterocycles. The van der Waals surface area contributed by atoms with Gasteiger partial charge in [-0.3, -0.25) is 15.5 Å². The Morgan fingerprint density at radius 2 is 1.76 bits per heavy atom. The summed E-state index contributed by atoms with van der Waals surface area (Å²) >= 11 is 0. The van der Waals surface area contributed by atoms with Crippen molar-refractivity contribution in [2.24, 2.45) is 5.10 Å². The third kappa shape index (κ3) is 5.55. The van der Waals surface area contributed by atoms with E-state index in [2.05, 4.69) is 10.5 Å². The summed E-state index contributed by atoms with van der Waals surface area (Å²) in [6.45, 7) is 2.50. The quantitative estimate of drug-likeness (QED) is 0.334. The molecule has 0 atom stereocenters. The zero-order chi connectivity index (χ0) is 20.6. The van der Waals surface area contributed by atoms with Crippen LogP contribution in [0, 0.1) is 17.0 Å². The van der Waals surface area contributed by atoms with Crippen LogP contribution in [-0.4, -0.2) is 18.2 Å². The predicted molar refractivity (Wildman–Crippen MR) is 113 cm³/mol. The lowest BCUT2D eigenvalue weighted by Gasteiger charge is -2.11. The summed E-state index contributed by atoms with van der Waals surface area (Å²) in [5.41, 5.74) is 6.62. The number of hydrogen-bond donors (Lipinski definition) is 1. The number of hydrogen-bond acceptors (Lipinski definition) is 6. The zero-order valence-electron chi connectivity index (χ0n) is 16.2. The minimum atomic E-state index is -0.443. The van der Waals surface area contributed by atoms with Crippen molar-refractivity contribution in [3.63, 3.8) is 0 Å². The highest BCUT2D eigenvalue weighted by Gasteiger charge is 2.06. The number of non-ortho nitro benzene ring substituents is 1. The summed E-state index contributed by atoms with van der Waals surface area (Å²) in [7, 11) is 1.59. The molecule has 7 heteroatoms. The van der Waals surface area contributed by atoms with Gasteiger partial charge in [0, 0.05) is 12.1 Å². The van der Waals surface area contributed by atoms with E-state index in [0.29, 0.717) is 23.8 Å². The molecule has 0 bridgehead atoms. The number of ether oxygens (including phenoxy) is 2. The van der Waals surface area contributed by atoms with Gasteiger partial charge in [-0.05, 0) is 48.4 Å². The van der Waals surface area contributed by atoms with Gasteiger partial charge in [-0.1, -0.05) is 29.8 Å². The first-order valence-electron chi connectivity index (χ1n) is 8.95. The first-order valence-corrected chi connectivity index (χ1v) is 8.95. The van der Waals surface area contributed by atoms with Crippen molar-refractivity contribution in [1.29, 1.82) is 0 Å². The van der Waals surface area contributed by atoms with E-state index in [0.717, 1.165) is 11.1 Å². The van der Waals surface area contributed by atoms with Crippen LogP contribution < -0.4 is 14.9 Å². The Morgan fingerprint density at radius 3 is 2.41 bits per heavy atom. The van der Waals surface area contributed by atoms with E-state index in [1.165, 1.54) is 17.7 Å². The van der Waals surface area contributed by atoms with Gasteiger partial charge in [-0.25, -0.2) is 0 Å². The van der Waals surface area contributed by atoms with Gasteiger partial charge in [0.15, 0.2) is 11.5 Å². The largest absolute Gasteiger partial charge is 0.493 e. The van der Waals surface area contributed by atoms with Crippen molar-refractivity contribution in [2.75, 3.05) is 12.5 Å². The molecule has 0 aliphatic rings. The lowest BCUT2D eigenvalue weighted by molar-refractivity contribution is -0.384. The molecule has 0 aliphatic heterocycles. The van der Waals surface area contributed by atoms with Crippen LogP contribution in [0.4, 0.5) is 11.4 Å². The second kappa shape index (κ2) is 9.36. The summed E-state index contributed by atoms with van der Waals surface area (Å²) < 4.78 is 11.3. The Hall–Kier alpha value is -3.87. The molecule has 0 aliphatic carbocycles. The fourth-order valence-electron chi connectivity index (χ4n) is 2.57. The van der Waals surface area contributed by atoms with Gasteiger partial charge >= 0.3 is 0 Å². The second-order valence-corrected chi connectivity index (χ2v) is 6.36. The highest BCUT2D eigenvalue weighted by molar-refractivity contribution is 5.81. The van der Waals surface area contributed by atoms with Crippen molar-refractivity contribution < 1.29 is 14.4 Å². The fraction of sp³-hybridized carbons (Fsp3) is 0.136. The van der Waals surface area contributed by atoms with Crippen LogP contribution in [-0.2, 0) is 6.61 Å².